The van der Waals surface area contributed by atoms with Gasteiger partial charge in [-0.25, -0.2) is 0 Å². The molecule has 0 saturated heterocycles. The molecule has 5 aromatic carbocycles. The van der Waals surface area contributed by atoms with Gasteiger partial charge in [-0.05, 0) is 144 Å². The van der Waals surface area contributed by atoms with E-state index in [1.54, 1.807) is 0 Å². The third-order valence-corrected chi connectivity index (χ3v) is 14.3. The van der Waals surface area contributed by atoms with Crippen LogP contribution in [0.2, 0.25) is 0 Å². The molecule has 3 nitrogen and oxygen atoms in total. The number of rotatable bonds is 2. The molecular formula is C56H67BN2O. The highest BCUT2D eigenvalue weighted by molar-refractivity contribution is 7.00. The monoisotopic (exact) mass is 795 g/mol. The molecule has 3 heterocycles. The summed E-state index contributed by atoms with van der Waals surface area (Å²) in [4.78, 5) is 5.16. The van der Waals surface area contributed by atoms with Gasteiger partial charge >= 0.3 is 0 Å². The fourth-order valence-electron chi connectivity index (χ4n) is 10.2. The summed E-state index contributed by atoms with van der Waals surface area (Å²) in [5.74, 6) is 0. The lowest BCUT2D eigenvalue weighted by molar-refractivity contribution is 0.332. The Hall–Kier alpha value is -4.70. The smallest absolute Gasteiger partial charge is 0.297 e. The van der Waals surface area contributed by atoms with Crippen LogP contribution in [0.5, 0.6) is 0 Å². The van der Waals surface area contributed by atoms with E-state index in [2.05, 4.69) is 212 Å². The molecule has 0 bridgehead atoms. The average Bonchev–Trinajstić information content (AvgIpc) is 3.53. The van der Waals surface area contributed by atoms with Crippen LogP contribution in [0.4, 0.5) is 34.1 Å². The predicted octanol–water partition coefficient (Wildman–Crippen LogP) is 14.1. The topological polar surface area (TPSA) is 19.6 Å². The highest BCUT2D eigenvalue weighted by Gasteiger charge is 2.48. The molecule has 0 unspecified atom stereocenters. The van der Waals surface area contributed by atoms with Crippen molar-refractivity contribution in [3.63, 3.8) is 0 Å². The Kier molecular flexibility index (Phi) is 8.76. The SMILES string of the molecule is CC(C)(C)c1ccc(N2c3ccc(C(C)(C)C)cc3B3c4oc5ccc(C(C)(C)C)cc5c4N(c4ccc5c(c4)C(C)(C)CCC5(C)C)c4cc(C(C)(C)C)cc2c43)cc1. The Labute approximate surface area is 361 Å². The Balaban J connectivity index is 1.43. The van der Waals surface area contributed by atoms with E-state index in [4.69, 9.17) is 4.42 Å². The average molecular weight is 795 g/mol. The molecule has 0 fully saturated rings. The fourth-order valence-corrected chi connectivity index (χ4v) is 10.2. The molecule has 0 spiro atoms. The number of fused-ring (bicyclic) bond motifs is 7. The van der Waals surface area contributed by atoms with Crippen LogP contribution in [-0.4, -0.2) is 6.71 Å². The number of hydrogen-bond acceptors (Lipinski definition) is 3. The molecule has 1 aromatic heterocycles. The summed E-state index contributed by atoms with van der Waals surface area (Å²) in [7, 11) is 0. The molecule has 6 aromatic rings. The van der Waals surface area contributed by atoms with E-state index in [0.717, 1.165) is 17.7 Å². The van der Waals surface area contributed by atoms with E-state index < -0.39 is 0 Å². The van der Waals surface area contributed by atoms with Crippen LogP contribution in [0.25, 0.3) is 11.0 Å². The van der Waals surface area contributed by atoms with Crippen molar-refractivity contribution in [2.24, 2.45) is 0 Å². The first-order chi connectivity index (χ1) is 27.8. The normalized spacial score (nSPS) is 17.0. The van der Waals surface area contributed by atoms with Crippen molar-refractivity contribution in [2.45, 2.75) is 156 Å². The van der Waals surface area contributed by atoms with E-state index in [1.807, 2.05) is 0 Å². The van der Waals surface area contributed by atoms with Crippen molar-refractivity contribution in [1.82, 2.24) is 0 Å². The molecule has 9 rings (SSSR count). The number of furan rings is 1. The van der Waals surface area contributed by atoms with Gasteiger partial charge in [0.25, 0.3) is 6.71 Å². The van der Waals surface area contributed by atoms with Crippen molar-refractivity contribution in [3.05, 3.63) is 124 Å². The van der Waals surface area contributed by atoms with E-state index in [0.29, 0.717) is 0 Å². The van der Waals surface area contributed by atoms with Gasteiger partial charge in [-0.1, -0.05) is 147 Å². The minimum atomic E-state index is -0.106. The Morgan fingerprint density at radius 1 is 0.483 bits per heavy atom. The van der Waals surface area contributed by atoms with Gasteiger partial charge in [0.2, 0.25) is 0 Å². The van der Waals surface area contributed by atoms with E-state index in [-0.39, 0.29) is 39.2 Å². The maximum atomic E-state index is 7.36. The molecule has 4 heteroatoms. The van der Waals surface area contributed by atoms with Gasteiger partial charge in [-0.2, -0.15) is 0 Å². The third-order valence-electron chi connectivity index (χ3n) is 14.3. The predicted molar refractivity (Wildman–Crippen MR) is 260 cm³/mol. The molecule has 60 heavy (non-hydrogen) atoms. The lowest BCUT2D eigenvalue weighted by Crippen LogP contribution is -2.61. The van der Waals surface area contributed by atoms with Crippen LogP contribution >= 0.6 is 0 Å². The molecule has 0 saturated carbocycles. The van der Waals surface area contributed by atoms with Crippen molar-refractivity contribution < 1.29 is 4.42 Å². The molecule has 310 valence electrons. The zero-order valence-corrected chi connectivity index (χ0v) is 39.5. The van der Waals surface area contributed by atoms with Crippen LogP contribution in [-0.2, 0) is 32.5 Å². The molecule has 2 aliphatic heterocycles. The summed E-state index contributed by atoms with van der Waals surface area (Å²) < 4.78 is 7.36. The van der Waals surface area contributed by atoms with E-state index in [1.165, 1.54) is 90.2 Å². The quantitative estimate of drug-likeness (QED) is 0.163. The molecule has 0 atom stereocenters. The number of benzene rings is 5. The van der Waals surface area contributed by atoms with Crippen molar-refractivity contribution in [1.29, 1.82) is 0 Å². The molecule has 0 amide bonds. The van der Waals surface area contributed by atoms with Gasteiger partial charge in [-0.15, -0.1) is 0 Å². The van der Waals surface area contributed by atoms with Crippen molar-refractivity contribution in [2.75, 3.05) is 9.80 Å². The first-order valence-electron chi connectivity index (χ1n) is 22.5. The summed E-state index contributed by atoms with van der Waals surface area (Å²) in [5.41, 5.74) is 20.1. The summed E-state index contributed by atoms with van der Waals surface area (Å²) >= 11 is 0. The van der Waals surface area contributed by atoms with Gasteiger partial charge in [0.15, 0.2) is 0 Å². The first kappa shape index (κ1) is 40.7. The Morgan fingerprint density at radius 2 is 1.00 bits per heavy atom. The van der Waals surface area contributed by atoms with Crippen molar-refractivity contribution >= 4 is 68.4 Å². The standard InChI is InChI=1S/C56H67BN2O/c1-51(2,3)34-17-21-38(22-18-34)58-44-25-19-36(53(7,8)9)30-43(44)57-48-45(58)31-37(54(10,11)12)32-46(48)59(39-23-24-41-42(33-39)56(15,16)28-27-55(41,13)14)49-40-29-35(52(4,5)6)20-26-47(40)60-50(49)57/h17-26,29-33H,27-28H2,1-16H3. The summed E-state index contributed by atoms with van der Waals surface area (Å²) in [5, 5.41) is 1.18. The molecule has 1 aliphatic carbocycles. The van der Waals surface area contributed by atoms with Gasteiger partial charge in [0.1, 0.15) is 5.58 Å². The molecular weight excluding hydrogens is 727 g/mol. The maximum Gasteiger partial charge on any atom is 0.297 e. The summed E-state index contributed by atoms with van der Waals surface area (Å²) in [6, 6.07) is 35.9. The van der Waals surface area contributed by atoms with E-state index >= 15 is 0 Å². The number of anilines is 6. The zero-order chi connectivity index (χ0) is 43.3. The number of hydrogen-bond donors (Lipinski definition) is 0. The van der Waals surface area contributed by atoms with Crippen LogP contribution in [0.3, 0.4) is 0 Å². The number of nitrogens with zero attached hydrogens (tertiary/aromatic N) is 2. The highest BCUT2D eigenvalue weighted by Crippen LogP contribution is 2.52. The zero-order valence-electron chi connectivity index (χ0n) is 39.5. The summed E-state index contributed by atoms with van der Waals surface area (Å²) in [6.45, 7) is 37.6. The van der Waals surface area contributed by atoms with Gasteiger partial charge in [-0.3, -0.25) is 0 Å². The summed E-state index contributed by atoms with van der Waals surface area (Å²) in [6.07, 6.45) is 2.35. The van der Waals surface area contributed by atoms with Crippen LogP contribution in [0.15, 0.2) is 95.4 Å². The van der Waals surface area contributed by atoms with Gasteiger partial charge in [0, 0.05) is 33.8 Å². The lowest BCUT2D eigenvalue weighted by atomic mass is 9.35. The molecule has 0 N–H and O–H groups in total. The van der Waals surface area contributed by atoms with E-state index in [9.17, 15) is 0 Å². The van der Waals surface area contributed by atoms with Gasteiger partial charge < -0.3 is 14.2 Å². The second-order valence-corrected chi connectivity index (χ2v) is 23.9. The molecule has 3 aliphatic rings. The highest BCUT2D eigenvalue weighted by atomic mass is 16.3. The lowest BCUT2D eigenvalue weighted by Gasteiger charge is -2.45. The second-order valence-electron chi connectivity index (χ2n) is 23.9. The van der Waals surface area contributed by atoms with Crippen LogP contribution in [0, 0.1) is 0 Å². The Bertz CT molecular complexity index is 2700. The fraction of sp³-hybridized carbons (Fsp3) is 0.429. The first-order valence-corrected chi connectivity index (χ1v) is 22.5. The van der Waals surface area contributed by atoms with Gasteiger partial charge in [0.05, 0.1) is 11.3 Å². The minimum Gasteiger partial charge on any atom is -0.468 e. The van der Waals surface area contributed by atoms with Crippen molar-refractivity contribution in [3.8, 4) is 0 Å². The second kappa shape index (κ2) is 12.9. The third kappa shape index (κ3) is 6.37. The van der Waals surface area contributed by atoms with Crippen LogP contribution in [0.1, 0.15) is 157 Å². The Morgan fingerprint density at radius 3 is 1.60 bits per heavy atom. The molecule has 0 radical (unpaired) electrons. The largest absolute Gasteiger partial charge is 0.468 e. The van der Waals surface area contributed by atoms with Crippen LogP contribution < -0.4 is 26.4 Å². The maximum absolute atomic E-state index is 7.36. The minimum absolute atomic E-state index is 0.0220.